The molecule has 0 radical (unpaired) electrons. The zero-order chi connectivity index (χ0) is 21.8. The van der Waals surface area contributed by atoms with Crippen LogP contribution in [0.4, 0.5) is 0 Å². The van der Waals surface area contributed by atoms with Crippen LogP contribution in [-0.4, -0.2) is 57.0 Å². The minimum Gasteiger partial charge on any atom is -0.378 e. The number of benzene rings is 2. The van der Waals surface area contributed by atoms with Gasteiger partial charge in [0.25, 0.3) is 0 Å². The Morgan fingerprint density at radius 3 is 2.56 bits per heavy atom. The second kappa shape index (κ2) is 9.27. The van der Waals surface area contributed by atoms with E-state index >= 15 is 0 Å². The summed E-state index contributed by atoms with van der Waals surface area (Å²) >= 11 is 0. The first-order chi connectivity index (χ1) is 15.7. The van der Waals surface area contributed by atoms with E-state index in [4.69, 9.17) is 4.74 Å². The molecule has 1 saturated heterocycles. The Labute approximate surface area is 189 Å². The highest BCUT2D eigenvalue weighted by Crippen LogP contribution is 2.30. The molecule has 2 aromatic carbocycles. The zero-order valence-electron chi connectivity index (χ0n) is 18.7. The number of aromatic nitrogens is 4. The summed E-state index contributed by atoms with van der Waals surface area (Å²) in [6, 6.07) is 17.2. The molecule has 0 bridgehead atoms. The summed E-state index contributed by atoms with van der Waals surface area (Å²) in [5.41, 5.74) is 5.00. The number of aryl methyl sites for hydroxylation is 1. The van der Waals surface area contributed by atoms with Crippen molar-refractivity contribution in [3.63, 3.8) is 0 Å². The number of rotatable bonds is 8. The number of nitrogens with zero attached hydrogens (tertiary/aromatic N) is 4. The van der Waals surface area contributed by atoms with Gasteiger partial charge in [0.15, 0.2) is 0 Å². The third-order valence-electron chi connectivity index (χ3n) is 6.96. The number of hydrogen-bond donors (Lipinski definition) is 1. The van der Waals surface area contributed by atoms with Gasteiger partial charge in [-0.15, -0.1) is 10.2 Å². The molecule has 6 nitrogen and oxygen atoms in total. The minimum absolute atomic E-state index is 0.0206. The second-order valence-corrected chi connectivity index (χ2v) is 8.91. The first-order valence-corrected chi connectivity index (χ1v) is 11.5. The quantitative estimate of drug-likeness (QED) is 0.451. The van der Waals surface area contributed by atoms with Crippen LogP contribution in [0.25, 0.3) is 16.6 Å². The highest BCUT2D eigenvalue weighted by molar-refractivity contribution is 5.85. The number of aromatic amines is 1. The van der Waals surface area contributed by atoms with E-state index in [1.807, 2.05) is 11.7 Å². The minimum atomic E-state index is -0.0206. The molecule has 0 atom stereocenters. The molecule has 1 aliphatic heterocycles. The molecule has 0 spiro atoms. The lowest BCUT2D eigenvalue weighted by Crippen LogP contribution is -2.47. The Kier molecular flexibility index (Phi) is 6.06. The van der Waals surface area contributed by atoms with Crippen molar-refractivity contribution in [2.75, 3.05) is 26.7 Å². The number of ether oxygens (including phenoxy) is 1. The maximum Gasteiger partial charge on any atom is 0.123 e. The van der Waals surface area contributed by atoms with Gasteiger partial charge in [0.1, 0.15) is 12.7 Å². The molecule has 1 aliphatic rings. The fourth-order valence-corrected chi connectivity index (χ4v) is 4.97. The van der Waals surface area contributed by atoms with Gasteiger partial charge < -0.3 is 14.6 Å². The van der Waals surface area contributed by atoms with Crippen LogP contribution >= 0.6 is 0 Å². The van der Waals surface area contributed by atoms with E-state index in [1.165, 1.54) is 22.0 Å². The highest BCUT2D eigenvalue weighted by Gasteiger charge is 2.34. The largest absolute Gasteiger partial charge is 0.378 e. The van der Waals surface area contributed by atoms with E-state index in [2.05, 4.69) is 74.8 Å². The molecule has 0 saturated carbocycles. The van der Waals surface area contributed by atoms with Gasteiger partial charge in [-0.1, -0.05) is 30.3 Å². The van der Waals surface area contributed by atoms with Crippen LogP contribution in [0.3, 0.4) is 0 Å². The predicted octanol–water partition coefficient (Wildman–Crippen LogP) is 4.40. The molecular formula is C26H31N5O. The van der Waals surface area contributed by atoms with Crippen molar-refractivity contribution in [1.82, 2.24) is 24.6 Å². The molecule has 2 aromatic heterocycles. The van der Waals surface area contributed by atoms with E-state index in [0.717, 1.165) is 57.4 Å². The molecule has 3 heterocycles. The smallest absolute Gasteiger partial charge is 0.123 e. The Hall–Kier alpha value is -2.96. The van der Waals surface area contributed by atoms with Crippen LogP contribution in [0.5, 0.6) is 0 Å². The van der Waals surface area contributed by atoms with Gasteiger partial charge in [-0.3, -0.25) is 4.57 Å². The summed E-state index contributed by atoms with van der Waals surface area (Å²) in [5.74, 6) is 0. The van der Waals surface area contributed by atoms with Crippen LogP contribution in [0, 0.1) is 0 Å². The normalized spacial score (nSPS) is 16.5. The summed E-state index contributed by atoms with van der Waals surface area (Å²) in [6.45, 7) is 3.33. The Bertz CT molecular complexity index is 1130. The van der Waals surface area contributed by atoms with Crippen molar-refractivity contribution in [1.29, 1.82) is 0 Å². The lowest BCUT2D eigenvalue weighted by molar-refractivity contribution is -0.0565. The number of nitrogens with one attached hydrogen (secondary N) is 1. The molecule has 6 heteroatoms. The molecule has 5 rings (SSSR count). The third kappa shape index (κ3) is 4.47. The van der Waals surface area contributed by atoms with Crippen LogP contribution < -0.4 is 0 Å². The fraction of sp³-hybridized carbons (Fsp3) is 0.385. The average molecular weight is 430 g/mol. The molecule has 32 heavy (non-hydrogen) atoms. The van der Waals surface area contributed by atoms with Crippen molar-refractivity contribution in [2.24, 2.45) is 0 Å². The SMILES string of the molecule is COC1(Cc2ccccc2)CCN(CCCc2c[nH]c3ccc(-n4cnnc4)cc23)CC1. The standard InChI is InChI=1S/C26H31N5O/c1-32-26(17-21-6-3-2-4-7-21)11-14-30(15-12-26)13-5-8-22-18-27-25-10-9-23(16-24(22)25)31-19-28-29-20-31/h2-4,6-7,9-10,16,18-20,27H,5,8,11-15,17H2,1H3. The molecule has 166 valence electrons. The van der Waals surface area contributed by atoms with Crippen molar-refractivity contribution >= 4 is 10.9 Å². The van der Waals surface area contributed by atoms with Gasteiger partial charge >= 0.3 is 0 Å². The Morgan fingerprint density at radius 1 is 1.03 bits per heavy atom. The average Bonchev–Trinajstić information content (AvgIpc) is 3.51. The summed E-state index contributed by atoms with van der Waals surface area (Å²) in [7, 11) is 1.88. The lowest BCUT2D eigenvalue weighted by Gasteiger charge is -2.41. The van der Waals surface area contributed by atoms with Gasteiger partial charge in [0, 0.05) is 49.4 Å². The number of piperidine rings is 1. The van der Waals surface area contributed by atoms with E-state index < -0.39 is 0 Å². The van der Waals surface area contributed by atoms with E-state index in [9.17, 15) is 0 Å². The van der Waals surface area contributed by atoms with Crippen molar-refractivity contribution in [2.45, 2.75) is 37.7 Å². The first-order valence-electron chi connectivity index (χ1n) is 11.5. The van der Waals surface area contributed by atoms with E-state index in [1.54, 1.807) is 12.7 Å². The number of H-pyrrole nitrogens is 1. The van der Waals surface area contributed by atoms with Crippen LogP contribution in [0.1, 0.15) is 30.4 Å². The van der Waals surface area contributed by atoms with Gasteiger partial charge in [-0.2, -0.15) is 0 Å². The summed E-state index contributed by atoms with van der Waals surface area (Å²) < 4.78 is 7.99. The molecule has 1 N–H and O–H groups in total. The van der Waals surface area contributed by atoms with Crippen LogP contribution in [0.15, 0.2) is 67.4 Å². The van der Waals surface area contributed by atoms with Crippen molar-refractivity contribution in [3.05, 3.63) is 78.5 Å². The summed E-state index contributed by atoms with van der Waals surface area (Å²) in [6.07, 6.45) is 11.0. The second-order valence-electron chi connectivity index (χ2n) is 8.91. The topological polar surface area (TPSA) is 59.0 Å². The molecular weight excluding hydrogens is 398 g/mol. The molecule has 4 aromatic rings. The van der Waals surface area contributed by atoms with Crippen LogP contribution in [-0.2, 0) is 17.6 Å². The van der Waals surface area contributed by atoms with Gasteiger partial charge in [-0.05, 0) is 61.6 Å². The Morgan fingerprint density at radius 2 is 1.81 bits per heavy atom. The van der Waals surface area contributed by atoms with Gasteiger partial charge in [0.05, 0.1) is 5.60 Å². The first kappa shape index (κ1) is 20.9. The number of likely N-dealkylation sites (tertiary alicyclic amines) is 1. The number of hydrogen-bond acceptors (Lipinski definition) is 4. The number of methoxy groups -OCH3 is 1. The van der Waals surface area contributed by atoms with E-state index in [-0.39, 0.29) is 5.60 Å². The van der Waals surface area contributed by atoms with Gasteiger partial charge in [-0.25, -0.2) is 0 Å². The van der Waals surface area contributed by atoms with Crippen molar-refractivity contribution in [3.8, 4) is 5.69 Å². The zero-order valence-corrected chi connectivity index (χ0v) is 18.7. The fourth-order valence-electron chi connectivity index (χ4n) is 4.97. The molecule has 1 fully saturated rings. The Balaban J connectivity index is 1.16. The summed E-state index contributed by atoms with van der Waals surface area (Å²) in [4.78, 5) is 6.02. The molecule has 0 amide bonds. The monoisotopic (exact) mass is 429 g/mol. The highest BCUT2D eigenvalue weighted by atomic mass is 16.5. The maximum atomic E-state index is 6.04. The summed E-state index contributed by atoms with van der Waals surface area (Å²) in [5, 5.41) is 9.13. The lowest BCUT2D eigenvalue weighted by atomic mass is 9.85. The van der Waals surface area contributed by atoms with Crippen LogP contribution in [0.2, 0.25) is 0 Å². The van der Waals surface area contributed by atoms with Gasteiger partial charge in [0.2, 0.25) is 0 Å². The maximum absolute atomic E-state index is 6.04. The molecule has 0 unspecified atom stereocenters. The third-order valence-corrected chi connectivity index (χ3v) is 6.96. The predicted molar refractivity (Wildman–Crippen MR) is 127 cm³/mol. The van der Waals surface area contributed by atoms with E-state index in [0.29, 0.717) is 0 Å². The number of fused-ring (bicyclic) bond motifs is 1. The van der Waals surface area contributed by atoms with Crippen molar-refractivity contribution < 1.29 is 4.74 Å². The molecule has 0 aliphatic carbocycles.